The van der Waals surface area contributed by atoms with Crippen LogP contribution in [0.5, 0.6) is 0 Å². The van der Waals surface area contributed by atoms with Crippen LogP contribution in [0.3, 0.4) is 0 Å². The lowest BCUT2D eigenvalue weighted by Crippen LogP contribution is -2.27. The van der Waals surface area contributed by atoms with Gasteiger partial charge in [-0.05, 0) is 32.9 Å². The molecule has 0 saturated heterocycles. The SMILES string of the molecule is C=C/C=C\C(C)=C(/CC)CN(CC)CCCC. The molecular weight excluding hydrogens is 206 g/mol. The van der Waals surface area contributed by atoms with Gasteiger partial charge in [-0.25, -0.2) is 0 Å². The molecule has 0 aromatic heterocycles. The Labute approximate surface area is 108 Å². The van der Waals surface area contributed by atoms with Gasteiger partial charge in [-0.15, -0.1) is 0 Å². The molecule has 0 rings (SSSR count). The molecular formula is C16H29N. The van der Waals surface area contributed by atoms with Gasteiger partial charge >= 0.3 is 0 Å². The van der Waals surface area contributed by atoms with Crippen molar-refractivity contribution in [1.29, 1.82) is 0 Å². The van der Waals surface area contributed by atoms with E-state index in [1.54, 1.807) is 5.57 Å². The summed E-state index contributed by atoms with van der Waals surface area (Å²) in [6, 6.07) is 0. The first-order chi connectivity index (χ1) is 8.19. The molecule has 0 bridgehead atoms. The first-order valence-electron chi connectivity index (χ1n) is 6.89. The summed E-state index contributed by atoms with van der Waals surface area (Å²) in [5, 5.41) is 0. The number of rotatable bonds is 9. The van der Waals surface area contributed by atoms with Gasteiger partial charge in [0.05, 0.1) is 0 Å². The molecule has 1 heteroatoms. The zero-order valence-electron chi connectivity index (χ0n) is 12.1. The topological polar surface area (TPSA) is 3.24 Å². The second-order valence-corrected chi connectivity index (χ2v) is 4.46. The van der Waals surface area contributed by atoms with Crippen molar-refractivity contribution >= 4 is 0 Å². The van der Waals surface area contributed by atoms with Gasteiger partial charge in [0.1, 0.15) is 0 Å². The monoisotopic (exact) mass is 235 g/mol. The third kappa shape index (κ3) is 7.17. The summed E-state index contributed by atoms with van der Waals surface area (Å²) >= 11 is 0. The predicted octanol–water partition coefficient (Wildman–Crippen LogP) is 4.58. The Balaban J connectivity index is 4.53. The van der Waals surface area contributed by atoms with E-state index in [4.69, 9.17) is 0 Å². The van der Waals surface area contributed by atoms with E-state index in [-0.39, 0.29) is 0 Å². The molecule has 98 valence electrons. The molecule has 0 aromatic rings. The van der Waals surface area contributed by atoms with Gasteiger partial charge in [0.15, 0.2) is 0 Å². The molecule has 0 aliphatic rings. The average molecular weight is 235 g/mol. The molecule has 0 spiro atoms. The van der Waals surface area contributed by atoms with Crippen LogP contribution in [0.2, 0.25) is 0 Å². The van der Waals surface area contributed by atoms with E-state index in [1.165, 1.54) is 25.0 Å². The van der Waals surface area contributed by atoms with Crippen LogP contribution in [0.4, 0.5) is 0 Å². The van der Waals surface area contributed by atoms with E-state index in [2.05, 4.69) is 45.2 Å². The van der Waals surface area contributed by atoms with Crippen LogP contribution in [-0.2, 0) is 0 Å². The number of unbranched alkanes of at least 4 members (excludes halogenated alkanes) is 1. The van der Waals surface area contributed by atoms with Crippen LogP contribution in [0.25, 0.3) is 0 Å². The Morgan fingerprint density at radius 3 is 2.41 bits per heavy atom. The molecule has 0 atom stereocenters. The third-order valence-electron chi connectivity index (χ3n) is 3.16. The number of likely N-dealkylation sites (N-methyl/N-ethyl adjacent to an activating group) is 1. The minimum Gasteiger partial charge on any atom is -0.300 e. The number of allylic oxidation sites excluding steroid dienone is 4. The fourth-order valence-corrected chi connectivity index (χ4v) is 1.85. The second kappa shape index (κ2) is 10.3. The Kier molecular flexibility index (Phi) is 9.84. The van der Waals surface area contributed by atoms with Crippen molar-refractivity contribution in [2.24, 2.45) is 0 Å². The van der Waals surface area contributed by atoms with Gasteiger partial charge in [0.2, 0.25) is 0 Å². The molecule has 1 nitrogen and oxygen atoms in total. The van der Waals surface area contributed by atoms with Crippen molar-refractivity contribution in [1.82, 2.24) is 4.90 Å². The molecule has 0 heterocycles. The van der Waals surface area contributed by atoms with Gasteiger partial charge in [-0.1, -0.05) is 63.1 Å². The van der Waals surface area contributed by atoms with Crippen LogP contribution >= 0.6 is 0 Å². The quantitative estimate of drug-likeness (QED) is 0.529. The Morgan fingerprint density at radius 1 is 1.24 bits per heavy atom. The van der Waals surface area contributed by atoms with Gasteiger partial charge in [-0.2, -0.15) is 0 Å². The summed E-state index contributed by atoms with van der Waals surface area (Å²) in [7, 11) is 0. The number of nitrogens with zero attached hydrogens (tertiary/aromatic N) is 1. The average Bonchev–Trinajstić information content (AvgIpc) is 2.36. The summed E-state index contributed by atoms with van der Waals surface area (Å²) in [5.41, 5.74) is 2.93. The Hall–Kier alpha value is -0.820. The van der Waals surface area contributed by atoms with Crippen molar-refractivity contribution in [3.8, 4) is 0 Å². The zero-order valence-corrected chi connectivity index (χ0v) is 12.1. The highest BCUT2D eigenvalue weighted by molar-refractivity contribution is 5.26. The van der Waals surface area contributed by atoms with E-state index >= 15 is 0 Å². The van der Waals surface area contributed by atoms with E-state index in [0.717, 1.165) is 19.5 Å². The van der Waals surface area contributed by atoms with E-state index in [0.29, 0.717) is 0 Å². The molecule has 0 unspecified atom stereocenters. The molecule has 0 saturated carbocycles. The lowest BCUT2D eigenvalue weighted by Gasteiger charge is -2.22. The molecule has 0 radical (unpaired) electrons. The van der Waals surface area contributed by atoms with Gasteiger partial charge in [-0.3, -0.25) is 4.90 Å². The third-order valence-corrected chi connectivity index (χ3v) is 3.16. The highest BCUT2D eigenvalue weighted by atomic mass is 15.1. The van der Waals surface area contributed by atoms with E-state index in [9.17, 15) is 0 Å². The summed E-state index contributed by atoms with van der Waals surface area (Å²) in [6.45, 7) is 16.1. The lowest BCUT2D eigenvalue weighted by molar-refractivity contribution is 0.304. The molecule has 17 heavy (non-hydrogen) atoms. The fourth-order valence-electron chi connectivity index (χ4n) is 1.85. The normalized spacial score (nSPS) is 13.2. The highest BCUT2D eigenvalue weighted by Crippen LogP contribution is 2.12. The fraction of sp³-hybridized carbons (Fsp3) is 0.625. The number of hydrogen-bond donors (Lipinski definition) is 0. The van der Waals surface area contributed by atoms with Crippen molar-refractivity contribution in [3.05, 3.63) is 36.0 Å². The summed E-state index contributed by atoms with van der Waals surface area (Å²) in [4.78, 5) is 2.54. The van der Waals surface area contributed by atoms with Crippen LogP contribution in [0.15, 0.2) is 36.0 Å². The van der Waals surface area contributed by atoms with Crippen molar-refractivity contribution < 1.29 is 0 Å². The first kappa shape index (κ1) is 16.2. The van der Waals surface area contributed by atoms with Crippen LogP contribution in [-0.4, -0.2) is 24.5 Å². The second-order valence-electron chi connectivity index (χ2n) is 4.46. The summed E-state index contributed by atoms with van der Waals surface area (Å²) in [5.74, 6) is 0. The minimum absolute atomic E-state index is 1.11. The maximum Gasteiger partial charge on any atom is 0.0198 e. The molecule has 0 N–H and O–H groups in total. The lowest BCUT2D eigenvalue weighted by atomic mass is 10.1. The maximum absolute atomic E-state index is 3.72. The minimum atomic E-state index is 1.11. The predicted molar refractivity (Wildman–Crippen MR) is 79.4 cm³/mol. The first-order valence-corrected chi connectivity index (χ1v) is 6.89. The largest absolute Gasteiger partial charge is 0.300 e. The van der Waals surface area contributed by atoms with Crippen LogP contribution < -0.4 is 0 Å². The molecule has 0 aliphatic heterocycles. The molecule has 0 amide bonds. The van der Waals surface area contributed by atoms with Gasteiger partial charge < -0.3 is 0 Å². The highest BCUT2D eigenvalue weighted by Gasteiger charge is 2.05. The standard InChI is InChI=1S/C16H29N/c1-6-10-12-15(5)16(8-3)14-17(9-4)13-11-7-2/h6,10,12H,1,7-9,11,13-14H2,2-5H3/b12-10-,16-15+. The Bertz CT molecular complexity index is 261. The van der Waals surface area contributed by atoms with E-state index in [1.807, 2.05) is 12.2 Å². The van der Waals surface area contributed by atoms with Crippen LogP contribution in [0.1, 0.15) is 47.0 Å². The van der Waals surface area contributed by atoms with Crippen molar-refractivity contribution in [2.45, 2.75) is 47.0 Å². The zero-order chi connectivity index (χ0) is 13.1. The summed E-state index contributed by atoms with van der Waals surface area (Å²) < 4.78 is 0. The maximum atomic E-state index is 3.72. The van der Waals surface area contributed by atoms with E-state index < -0.39 is 0 Å². The smallest absolute Gasteiger partial charge is 0.0198 e. The van der Waals surface area contributed by atoms with Crippen molar-refractivity contribution in [2.75, 3.05) is 19.6 Å². The molecule has 0 fully saturated rings. The molecule has 0 aromatic carbocycles. The molecule has 0 aliphatic carbocycles. The van der Waals surface area contributed by atoms with Crippen LogP contribution in [0, 0.1) is 0 Å². The van der Waals surface area contributed by atoms with Gasteiger partial charge in [0.25, 0.3) is 0 Å². The Morgan fingerprint density at radius 2 is 1.94 bits per heavy atom. The summed E-state index contributed by atoms with van der Waals surface area (Å²) in [6.07, 6.45) is 9.73. The number of hydrogen-bond acceptors (Lipinski definition) is 1. The van der Waals surface area contributed by atoms with Crippen molar-refractivity contribution in [3.63, 3.8) is 0 Å². The van der Waals surface area contributed by atoms with Gasteiger partial charge in [0, 0.05) is 6.54 Å².